The van der Waals surface area contributed by atoms with Gasteiger partial charge in [0.15, 0.2) is 9.84 Å². The van der Waals surface area contributed by atoms with Crippen molar-refractivity contribution in [1.82, 2.24) is 10.6 Å². The Morgan fingerprint density at radius 3 is 2.87 bits per heavy atom. The molecule has 2 rings (SSSR count). The van der Waals surface area contributed by atoms with Crippen molar-refractivity contribution in [2.75, 3.05) is 12.3 Å². The van der Waals surface area contributed by atoms with Gasteiger partial charge < -0.3 is 10.6 Å². The van der Waals surface area contributed by atoms with Crippen molar-refractivity contribution in [2.45, 2.75) is 38.0 Å². The Morgan fingerprint density at radius 2 is 2.13 bits per heavy atom. The van der Waals surface area contributed by atoms with E-state index in [2.05, 4.69) is 10.6 Å². The van der Waals surface area contributed by atoms with E-state index in [0.29, 0.717) is 18.5 Å². The maximum Gasteiger partial charge on any atom is 0.242 e. The molecule has 1 heterocycles. The highest BCUT2D eigenvalue weighted by Crippen LogP contribution is 2.10. The second-order valence-electron chi connectivity index (χ2n) is 5.93. The predicted octanol–water partition coefficient (Wildman–Crippen LogP) is 0.695. The number of carbonyl (C=O) groups is 2. The first-order valence-electron chi connectivity index (χ1n) is 7.69. The molecule has 1 atom stereocenters. The van der Waals surface area contributed by atoms with Gasteiger partial charge in [-0.2, -0.15) is 0 Å². The summed E-state index contributed by atoms with van der Waals surface area (Å²) in [6.07, 6.45) is 2.22. The van der Waals surface area contributed by atoms with Crippen molar-refractivity contribution in [3.05, 3.63) is 35.4 Å². The Morgan fingerprint density at radius 1 is 1.35 bits per heavy atom. The summed E-state index contributed by atoms with van der Waals surface area (Å²) in [4.78, 5) is 23.7. The van der Waals surface area contributed by atoms with E-state index in [1.54, 1.807) is 18.2 Å². The fraction of sp³-hybridized carbons (Fsp3) is 0.500. The molecule has 0 radical (unpaired) electrons. The minimum absolute atomic E-state index is 0.182. The van der Waals surface area contributed by atoms with Gasteiger partial charge in [0.25, 0.3) is 0 Å². The van der Waals surface area contributed by atoms with E-state index < -0.39 is 27.5 Å². The minimum atomic E-state index is -3.57. The predicted molar refractivity (Wildman–Crippen MR) is 87.5 cm³/mol. The topological polar surface area (TPSA) is 92.3 Å². The number of nitrogens with one attached hydrogen (secondary N) is 2. The number of sulfone groups is 1. The monoisotopic (exact) mass is 338 g/mol. The number of benzene rings is 1. The molecular weight excluding hydrogens is 316 g/mol. The van der Waals surface area contributed by atoms with Gasteiger partial charge in [0.2, 0.25) is 11.8 Å². The maximum atomic E-state index is 12.2. The van der Waals surface area contributed by atoms with E-state index in [1.807, 2.05) is 13.0 Å². The van der Waals surface area contributed by atoms with Crippen LogP contribution >= 0.6 is 0 Å². The Hall–Kier alpha value is -1.89. The summed E-state index contributed by atoms with van der Waals surface area (Å²) < 4.78 is 24.3. The molecule has 0 spiro atoms. The lowest BCUT2D eigenvalue weighted by Crippen LogP contribution is -2.47. The summed E-state index contributed by atoms with van der Waals surface area (Å²) in [6, 6.07) is 6.54. The zero-order chi connectivity index (χ0) is 16.9. The standard InChI is InChI=1S/C16H22N2O4S/c1-12-5-4-6-13(9-12)10-23(21,22)11-15(19)18-14-7-2-3-8-17-16(14)20/h4-6,9,14H,2-3,7-8,10-11H2,1H3,(H,17,20)(H,18,19)/t14-/m1/s1. The van der Waals surface area contributed by atoms with Crippen molar-refractivity contribution in [2.24, 2.45) is 0 Å². The highest BCUT2D eigenvalue weighted by molar-refractivity contribution is 7.91. The number of hydrogen-bond acceptors (Lipinski definition) is 4. The van der Waals surface area contributed by atoms with Gasteiger partial charge in [0.05, 0.1) is 5.75 Å². The number of carbonyl (C=O) groups excluding carboxylic acids is 2. The average Bonchev–Trinajstić information content (AvgIpc) is 2.63. The molecule has 1 saturated heterocycles. The van der Waals surface area contributed by atoms with Crippen molar-refractivity contribution in [3.63, 3.8) is 0 Å². The molecule has 0 bridgehead atoms. The summed E-state index contributed by atoms with van der Waals surface area (Å²) in [5.74, 6) is -1.66. The van der Waals surface area contributed by atoms with Crippen molar-refractivity contribution in [1.29, 1.82) is 0 Å². The summed E-state index contributed by atoms with van der Waals surface area (Å²) >= 11 is 0. The molecular formula is C16H22N2O4S. The molecule has 0 saturated carbocycles. The SMILES string of the molecule is Cc1cccc(CS(=O)(=O)CC(=O)N[C@@H]2CCCCNC2=O)c1. The molecule has 1 fully saturated rings. The lowest BCUT2D eigenvalue weighted by Gasteiger charge is -2.15. The van der Waals surface area contributed by atoms with E-state index in [9.17, 15) is 18.0 Å². The highest BCUT2D eigenvalue weighted by Gasteiger charge is 2.25. The third-order valence-corrected chi connectivity index (χ3v) is 5.17. The average molecular weight is 338 g/mol. The molecule has 1 aromatic rings. The van der Waals surface area contributed by atoms with Gasteiger partial charge in [-0.25, -0.2) is 8.42 Å². The molecule has 126 valence electrons. The third kappa shape index (κ3) is 5.67. The Kier molecular flexibility index (Phi) is 5.76. The molecule has 1 aliphatic rings. The van der Waals surface area contributed by atoms with Gasteiger partial charge in [0.1, 0.15) is 11.8 Å². The van der Waals surface area contributed by atoms with Crippen LogP contribution in [0.15, 0.2) is 24.3 Å². The maximum absolute atomic E-state index is 12.2. The normalized spacial score (nSPS) is 18.8. The van der Waals surface area contributed by atoms with E-state index in [-0.39, 0.29) is 11.7 Å². The molecule has 1 aromatic carbocycles. The summed E-state index contributed by atoms with van der Waals surface area (Å²) in [7, 11) is -3.57. The molecule has 2 amide bonds. The number of amides is 2. The van der Waals surface area contributed by atoms with Crippen LogP contribution in [0.4, 0.5) is 0 Å². The van der Waals surface area contributed by atoms with Crippen LogP contribution in [-0.2, 0) is 25.2 Å². The zero-order valence-corrected chi connectivity index (χ0v) is 14.0. The Labute approximate surface area is 136 Å². The van der Waals surface area contributed by atoms with Crippen LogP contribution in [0.3, 0.4) is 0 Å². The van der Waals surface area contributed by atoms with Crippen LogP contribution < -0.4 is 10.6 Å². The summed E-state index contributed by atoms with van der Waals surface area (Å²) in [5.41, 5.74) is 1.63. The van der Waals surface area contributed by atoms with Gasteiger partial charge in [0, 0.05) is 6.54 Å². The fourth-order valence-electron chi connectivity index (χ4n) is 2.62. The van der Waals surface area contributed by atoms with E-state index in [4.69, 9.17) is 0 Å². The number of hydrogen-bond donors (Lipinski definition) is 2. The van der Waals surface area contributed by atoms with Gasteiger partial charge >= 0.3 is 0 Å². The third-order valence-electron chi connectivity index (χ3n) is 3.69. The summed E-state index contributed by atoms with van der Waals surface area (Å²) in [5, 5.41) is 5.24. The smallest absolute Gasteiger partial charge is 0.242 e. The Bertz CT molecular complexity index is 685. The van der Waals surface area contributed by atoms with E-state index in [0.717, 1.165) is 18.4 Å². The highest BCUT2D eigenvalue weighted by atomic mass is 32.2. The van der Waals surface area contributed by atoms with Crippen molar-refractivity contribution < 1.29 is 18.0 Å². The van der Waals surface area contributed by atoms with Crippen LogP contribution in [0, 0.1) is 6.92 Å². The second kappa shape index (κ2) is 7.59. The molecule has 0 aliphatic carbocycles. The Balaban J connectivity index is 1.94. The van der Waals surface area contributed by atoms with Crippen molar-refractivity contribution >= 4 is 21.7 Å². The van der Waals surface area contributed by atoms with Gasteiger partial charge in [-0.1, -0.05) is 29.8 Å². The van der Waals surface area contributed by atoms with Crippen LogP contribution in [-0.4, -0.2) is 38.6 Å². The van der Waals surface area contributed by atoms with Gasteiger partial charge in [-0.15, -0.1) is 0 Å². The van der Waals surface area contributed by atoms with Gasteiger partial charge in [-0.05, 0) is 31.7 Å². The lowest BCUT2D eigenvalue weighted by atomic mass is 10.1. The molecule has 6 nitrogen and oxygen atoms in total. The fourth-order valence-corrected chi connectivity index (χ4v) is 3.89. The first-order chi connectivity index (χ1) is 10.9. The first-order valence-corrected chi connectivity index (χ1v) is 9.51. The second-order valence-corrected chi connectivity index (χ2v) is 7.99. The van der Waals surface area contributed by atoms with Gasteiger partial charge in [-0.3, -0.25) is 9.59 Å². The lowest BCUT2D eigenvalue weighted by molar-refractivity contribution is -0.127. The molecule has 23 heavy (non-hydrogen) atoms. The van der Waals surface area contributed by atoms with E-state index >= 15 is 0 Å². The first kappa shape index (κ1) is 17.5. The largest absolute Gasteiger partial charge is 0.354 e. The molecule has 7 heteroatoms. The molecule has 0 unspecified atom stereocenters. The van der Waals surface area contributed by atoms with Crippen LogP contribution in [0.25, 0.3) is 0 Å². The molecule has 2 N–H and O–H groups in total. The number of aryl methyl sites for hydroxylation is 1. The van der Waals surface area contributed by atoms with E-state index in [1.165, 1.54) is 0 Å². The molecule has 1 aliphatic heterocycles. The zero-order valence-electron chi connectivity index (χ0n) is 13.2. The van der Waals surface area contributed by atoms with Crippen molar-refractivity contribution in [3.8, 4) is 0 Å². The molecule has 0 aromatic heterocycles. The van der Waals surface area contributed by atoms with Crippen LogP contribution in [0.2, 0.25) is 0 Å². The number of rotatable bonds is 5. The minimum Gasteiger partial charge on any atom is -0.354 e. The summed E-state index contributed by atoms with van der Waals surface area (Å²) in [6.45, 7) is 2.48. The van der Waals surface area contributed by atoms with Crippen LogP contribution in [0.1, 0.15) is 30.4 Å². The van der Waals surface area contributed by atoms with Crippen LogP contribution in [0.5, 0.6) is 0 Å². The quantitative estimate of drug-likeness (QED) is 0.826.